The van der Waals surface area contributed by atoms with Crippen LogP contribution in [0, 0.1) is 17.8 Å². The van der Waals surface area contributed by atoms with Crippen molar-refractivity contribution >= 4 is 5.97 Å². The van der Waals surface area contributed by atoms with Crippen molar-refractivity contribution in [1.29, 1.82) is 0 Å². The molecule has 0 unspecified atom stereocenters. The lowest BCUT2D eigenvalue weighted by atomic mass is 10.1. The molecule has 0 bridgehead atoms. The first-order chi connectivity index (χ1) is 5.80. The second-order valence-electron chi connectivity index (χ2n) is 3.82. The molecule has 0 saturated heterocycles. The number of carbonyl (C=O) groups is 1. The molecule has 0 aromatic rings. The molecule has 2 aliphatic carbocycles. The van der Waals surface area contributed by atoms with Crippen molar-refractivity contribution < 1.29 is 9.90 Å². The lowest BCUT2D eigenvalue weighted by Crippen LogP contribution is -1.99. The molecule has 2 nitrogen and oxygen atoms in total. The minimum atomic E-state index is -0.600. The van der Waals surface area contributed by atoms with Gasteiger partial charge in [0.05, 0.1) is 5.92 Å². The molecular weight excluding hydrogens is 152 g/mol. The maximum atomic E-state index is 10.7. The fraction of sp³-hybridized carbons (Fsp3) is 0.700. The molecule has 0 aromatic heterocycles. The number of fused-ring (bicyclic) bond motifs is 1. The van der Waals surface area contributed by atoms with Crippen LogP contribution in [-0.4, -0.2) is 11.1 Å². The Bertz CT molecular complexity index is 220. The zero-order valence-corrected chi connectivity index (χ0v) is 7.07. The van der Waals surface area contributed by atoms with Gasteiger partial charge in [0.25, 0.3) is 0 Å². The van der Waals surface area contributed by atoms with Gasteiger partial charge in [0.15, 0.2) is 0 Å². The quantitative estimate of drug-likeness (QED) is 0.605. The summed E-state index contributed by atoms with van der Waals surface area (Å²) in [5, 5.41) is 8.83. The predicted octanol–water partition coefficient (Wildman–Crippen LogP) is 2.06. The number of aliphatic carboxylic acids is 1. The molecule has 1 N–H and O–H groups in total. The van der Waals surface area contributed by atoms with Crippen LogP contribution < -0.4 is 0 Å². The highest BCUT2D eigenvalue weighted by atomic mass is 16.4. The molecule has 2 aliphatic rings. The standard InChI is InChI=1S/C10H14O2/c11-10(12)9-7-5-3-1-2-4-6-8(7)9/h3,5,7-9H,1-2,4,6H2,(H,11,12)/t7-,8+,9+/m1/s1. The van der Waals surface area contributed by atoms with Gasteiger partial charge in [0.2, 0.25) is 0 Å². The lowest BCUT2D eigenvalue weighted by Gasteiger charge is -1.99. The van der Waals surface area contributed by atoms with E-state index in [0.29, 0.717) is 11.8 Å². The highest BCUT2D eigenvalue weighted by Crippen LogP contribution is 2.51. The van der Waals surface area contributed by atoms with Gasteiger partial charge in [-0.3, -0.25) is 4.79 Å². The van der Waals surface area contributed by atoms with E-state index in [-0.39, 0.29) is 5.92 Å². The van der Waals surface area contributed by atoms with Crippen LogP contribution in [0.5, 0.6) is 0 Å². The Hall–Kier alpha value is -0.790. The summed E-state index contributed by atoms with van der Waals surface area (Å²) < 4.78 is 0. The van der Waals surface area contributed by atoms with Crippen LogP contribution in [0.1, 0.15) is 25.7 Å². The number of rotatable bonds is 1. The average Bonchev–Trinajstić information content (AvgIpc) is 2.60. The molecule has 2 rings (SSSR count). The molecule has 0 spiro atoms. The molecule has 0 heterocycles. The van der Waals surface area contributed by atoms with E-state index in [9.17, 15) is 4.79 Å². The van der Waals surface area contributed by atoms with E-state index < -0.39 is 5.97 Å². The van der Waals surface area contributed by atoms with Gasteiger partial charge in [-0.05, 0) is 31.1 Å². The van der Waals surface area contributed by atoms with Crippen molar-refractivity contribution in [3.8, 4) is 0 Å². The van der Waals surface area contributed by atoms with Crippen molar-refractivity contribution in [1.82, 2.24) is 0 Å². The van der Waals surface area contributed by atoms with Gasteiger partial charge in [-0.25, -0.2) is 0 Å². The van der Waals surface area contributed by atoms with Crippen LogP contribution >= 0.6 is 0 Å². The fourth-order valence-electron chi connectivity index (χ4n) is 2.28. The number of carboxylic acid groups (broad SMARTS) is 1. The highest BCUT2D eigenvalue weighted by molar-refractivity contribution is 5.74. The highest BCUT2D eigenvalue weighted by Gasteiger charge is 2.52. The third kappa shape index (κ3) is 1.26. The van der Waals surface area contributed by atoms with E-state index >= 15 is 0 Å². The Morgan fingerprint density at radius 1 is 1.42 bits per heavy atom. The van der Waals surface area contributed by atoms with Gasteiger partial charge >= 0.3 is 5.97 Å². The molecule has 66 valence electrons. The van der Waals surface area contributed by atoms with Crippen LogP contribution in [0.3, 0.4) is 0 Å². The Morgan fingerprint density at radius 2 is 2.25 bits per heavy atom. The van der Waals surface area contributed by atoms with Gasteiger partial charge in [-0.2, -0.15) is 0 Å². The normalized spacial score (nSPS) is 39.5. The summed E-state index contributed by atoms with van der Waals surface area (Å²) in [6, 6.07) is 0. The third-order valence-electron chi connectivity index (χ3n) is 3.03. The van der Waals surface area contributed by atoms with Crippen molar-refractivity contribution in [3.05, 3.63) is 12.2 Å². The predicted molar refractivity (Wildman–Crippen MR) is 45.7 cm³/mol. The second kappa shape index (κ2) is 2.92. The number of hydrogen-bond donors (Lipinski definition) is 1. The van der Waals surface area contributed by atoms with Crippen LogP contribution in [0.15, 0.2) is 12.2 Å². The van der Waals surface area contributed by atoms with Gasteiger partial charge in [0, 0.05) is 0 Å². The third-order valence-corrected chi connectivity index (χ3v) is 3.03. The topological polar surface area (TPSA) is 37.3 Å². The summed E-state index contributed by atoms with van der Waals surface area (Å²) in [5.41, 5.74) is 0. The number of allylic oxidation sites excluding steroid dienone is 2. The lowest BCUT2D eigenvalue weighted by molar-refractivity contribution is -0.139. The number of hydrogen-bond acceptors (Lipinski definition) is 1. The second-order valence-corrected chi connectivity index (χ2v) is 3.82. The average molecular weight is 166 g/mol. The monoisotopic (exact) mass is 166 g/mol. The molecular formula is C10H14O2. The summed E-state index contributed by atoms with van der Waals surface area (Å²) in [7, 11) is 0. The maximum absolute atomic E-state index is 10.7. The van der Waals surface area contributed by atoms with Crippen molar-refractivity contribution in [2.24, 2.45) is 17.8 Å². The van der Waals surface area contributed by atoms with Crippen LogP contribution in [0.25, 0.3) is 0 Å². The number of carboxylic acids is 1. The summed E-state index contributed by atoms with van der Waals surface area (Å²) in [6.45, 7) is 0. The van der Waals surface area contributed by atoms with Crippen LogP contribution in [-0.2, 0) is 4.79 Å². The van der Waals surface area contributed by atoms with Gasteiger partial charge < -0.3 is 5.11 Å². The SMILES string of the molecule is O=C(O)[C@H]1[C@@H]2C=CCCCC[C@@H]21. The van der Waals surface area contributed by atoms with Crippen molar-refractivity contribution in [3.63, 3.8) is 0 Å². The zero-order chi connectivity index (χ0) is 8.55. The van der Waals surface area contributed by atoms with Crippen molar-refractivity contribution in [2.45, 2.75) is 25.7 Å². The van der Waals surface area contributed by atoms with Crippen molar-refractivity contribution in [2.75, 3.05) is 0 Å². The molecule has 3 atom stereocenters. The van der Waals surface area contributed by atoms with E-state index in [1.54, 1.807) is 0 Å². The van der Waals surface area contributed by atoms with Gasteiger partial charge in [-0.1, -0.05) is 18.6 Å². The smallest absolute Gasteiger partial charge is 0.307 e. The Balaban J connectivity index is 2.03. The Labute approximate surface area is 72.3 Å². The first kappa shape index (κ1) is 7.84. The Kier molecular flexibility index (Phi) is 1.91. The molecule has 0 aliphatic heterocycles. The van der Waals surface area contributed by atoms with Gasteiger partial charge in [0.1, 0.15) is 0 Å². The van der Waals surface area contributed by atoms with E-state index in [1.165, 1.54) is 12.8 Å². The summed E-state index contributed by atoms with van der Waals surface area (Å²) >= 11 is 0. The zero-order valence-electron chi connectivity index (χ0n) is 7.07. The largest absolute Gasteiger partial charge is 0.481 e. The molecule has 0 radical (unpaired) electrons. The summed E-state index contributed by atoms with van der Waals surface area (Å²) in [4.78, 5) is 10.7. The van der Waals surface area contributed by atoms with Gasteiger partial charge in [-0.15, -0.1) is 0 Å². The molecule has 1 fully saturated rings. The first-order valence-corrected chi connectivity index (χ1v) is 4.70. The molecule has 0 amide bonds. The van der Waals surface area contributed by atoms with E-state index in [4.69, 9.17) is 5.11 Å². The molecule has 0 aromatic carbocycles. The van der Waals surface area contributed by atoms with Crippen LogP contribution in [0.4, 0.5) is 0 Å². The molecule has 2 heteroatoms. The molecule has 12 heavy (non-hydrogen) atoms. The van der Waals surface area contributed by atoms with E-state index in [0.717, 1.165) is 12.8 Å². The van der Waals surface area contributed by atoms with Crippen LogP contribution in [0.2, 0.25) is 0 Å². The van der Waals surface area contributed by atoms with E-state index in [2.05, 4.69) is 12.2 Å². The minimum absolute atomic E-state index is 0.0562. The first-order valence-electron chi connectivity index (χ1n) is 4.70. The molecule has 1 saturated carbocycles. The maximum Gasteiger partial charge on any atom is 0.307 e. The summed E-state index contributed by atoms with van der Waals surface area (Å²) in [5.74, 6) is 0.165. The Morgan fingerprint density at radius 3 is 3.00 bits per heavy atom. The van der Waals surface area contributed by atoms with E-state index in [1.807, 2.05) is 0 Å². The summed E-state index contributed by atoms with van der Waals surface area (Å²) in [6.07, 6.45) is 8.95. The minimum Gasteiger partial charge on any atom is -0.481 e. The fourth-order valence-corrected chi connectivity index (χ4v) is 2.28.